The molecule has 3 rings (SSSR count). The minimum absolute atomic E-state index is 0.0187. The summed E-state index contributed by atoms with van der Waals surface area (Å²) in [5.74, 6) is 0.187. The molecule has 2 heterocycles. The number of aromatic nitrogens is 1. The van der Waals surface area contributed by atoms with Gasteiger partial charge in [0, 0.05) is 28.5 Å². The molecule has 154 valence electrons. The highest BCUT2D eigenvalue weighted by Gasteiger charge is 2.31. The van der Waals surface area contributed by atoms with Crippen molar-refractivity contribution in [3.05, 3.63) is 88.5 Å². The normalized spacial score (nSPS) is 10.6. The number of halogens is 1. The number of thioether (sulfide) groups is 1. The molecular weight excluding hydrogens is 438 g/mol. The van der Waals surface area contributed by atoms with E-state index in [2.05, 4.69) is 6.58 Å². The number of ether oxygens (including phenoxy) is 1. The second-order valence-electron chi connectivity index (χ2n) is 6.25. The van der Waals surface area contributed by atoms with Crippen molar-refractivity contribution in [3.8, 4) is 5.69 Å². The number of ketones is 1. The van der Waals surface area contributed by atoms with E-state index in [4.69, 9.17) is 16.3 Å². The zero-order valence-corrected chi connectivity index (χ0v) is 18.9. The van der Waals surface area contributed by atoms with Gasteiger partial charge in [-0.25, -0.2) is 0 Å². The Bertz CT molecular complexity index is 1050. The molecule has 0 spiro atoms. The maximum atomic E-state index is 13.4. The molecule has 0 aliphatic heterocycles. The summed E-state index contributed by atoms with van der Waals surface area (Å²) >= 11 is 8.96. The summed E-state index contributed by atoms with van der Waals surface area (Å²) in [7, 11) is 0. The molecule has 2 aromatic heterocycles. The fraction of sp³-hybridized carbons (Fsp3) is 0.174. The zero-order valence-electron chi connectivity index (χ0n) is 16.5. The van der Waals surface area contributed by atoms with Gasteiger partial charge in [0.25, 0.3) is 0 Å². The molecule has 0 aliphatic rings. The maximum Gasteiger partial charge on any atom is 0.310 e. The van der Waals surface area contributed by atoms with Gasteiger partial charge in [0.2, 0.25) is 11.5 Å². The third kappa shape index (κ3) is 5.19. The fourth-order valence-electron chi connectivity index (χ4n) is 2.91. The first-order valence-corrected chi connectivity index (χ1v) is 11.5. The third-order valence-corrected chi connectivity index (χ3v) is 6.92. The SMILES string of the molecule is C=CCSc1sc(C(=O)c2ccc(Cl)cc2)c(CC(=O)OCC)c1-[n+]1ccccc1. The molecule has 4 nitrogen and oxygen atoms in total. The van der Waals surface area contributed by atoms with Crippen LogP contribution in [0.25, 0.3) is 5.69 Å². The Morgan fingerprint density at radius 3 is 2.53 bits per heavy atom. The first kappa shape index (κ1) is 22.3. The zero-order chi connectivity index (χ0) is 21.5. The monoisotopic (exact) mass is 458 g/mol. The predicted octanol–water partition coefficient (Wildman–Crippen LogP) is 5.29. The minimum atomic E-state index is -0.362. The van der Waals surface area contributed by atoms with Gasteiger partial charge in [-0.3, -0.25) is 9.59 Å². The van der Waals surface area contributed by atoms with Crippen LogP contribution < -0.4 is 4.57 Å². The highest BCUT2D eigenvalue weighted by molar-refractivity contribution is 8.01. The van der Waals surface area contributed by atoms with Crippen LogP contribution in [0.1, 0.15) is 27.7 Å². The molecule has 30 heavy (non-hydrogen) atoms. The van der Waals surface area contributed by atoms with Crippen LogP contribution in [0.4, 0.5) is 0 Å². The highest BCUT2D eigenvalue weighted by Crippen LogP contribution is 2.38. The number of thiophene rings is 1. The van der Waals surface area contributed by atoms with Crippen LogP contribution in [0.3, 0.4) is 0 Å². The second-order valence-corrected chi connectivity index (χ2v) is 8.99. The number of benzene rings is 1. The van der Waals surface area contributed by atoms with Crippen molar-refractivity contribution < 1.29 is 18.9 Å². The van der Waals surface area contributed by atoms with Gasteiger partial charge in [0.05, 0.1) is 23.5 Å². The topological polar surface area (TPSA) is 47.3 Å². The van der Waals surface area contributed by atoms with Crippen LogP contribution in [0.15, 0.2) is 71.7 Å². The quantitative estimate of drug-likeness (QED) is 0.144. The summed E-state index contributed by atoms with van der Waals surface area (Å²) in [4.78, 5) is 26.3. The van der Waals surface area contributed by atoms with Crippen molar-refractivity contribution in [2.24, 2.45) is 0 Å². The lowest BCUT2D eigenvalue weighted by atomic mass is 10.0. The predicted molar refractivity (Wildman–Crippen MR) is 122 cm³/mol. The average molecular weight is 459 g/mol. The molecule has 3 aromatic rings. The van der Waals surface area contributed by atoms with Crippen LogP contribution >= 0.6 is 34.7 Å². The molecule has 0 unspecified atom stereocenters. The summed E-state index contributed by atoms with van der Waals surface area (Å²) in [6.45, 7) is 5.85. The Morgan fingerprint density at radius 1 is 1.20 bits per heavy atom. The molecular formula is C23H21ClNO3S2+. The van der Waals surface area contributed by atoms with Crippen molar-refractivity contribution in [2.75, 3.05) is 12.4 Å². The van der Waals surface area contributed by atoms with E-state index in [0.29, 0.717) is 26.8 Å². The Hall–Kier alpha value is -2.41. The van der Waals surface area contributed by atoms with Gasteiger partial charge in [-0.15, -0.1) is 29.7 Å². The Balaban J connectivity index is 2.17. The first-order valence-electron chi connectivity index (χ1n) is 9.37. The largest absolute Gasteiger partial charge is 0.466 e. The highest BCUT2D eigenvalue weighted by atomic mass is 35.5. The van der Waals surface area contributed by atoms with Gasteiger partial charge in [0.15, 0.2) is 12.4 Å². The smallest absolute Gasteiger partial charge is 0.310 e. The molecule has 0 bridgehead atoms. The summed E-state index contributed by atoms with van der Waals surface area (Å²) in [5.41, 5.74) is 2.02. The van der Waals surface area contributed by atoms with Crippen LogP contribution in [0.5, 0.6) is 0 Å². The van der Waals surface area contributed by atoms with Crippen LogP contribution in [0.2, 0.25) is 5.02 Å². The first-order chi connectivity index (χ1) is 14.5. The lowest BCUT2D eigenvalue weighted by molar-refractivity contribution is -0.598. The van der Waals surface area contributed by atoms with Gasteiger partial charge in [0.1, 0.15) is 4.21 Å². The Kier molecular flexibility index (Phi) is 7.85. The van der Waals surface area contributed by atoms with E-state index in [1.54, 1.807) is 43.0 Å². The molecule has 0 amide bonds. The van der Waals surface area contributed by atoms with E-state index in [-0.39, 0.29) is 24.8 Å². The van der Waals surface area contributed by atoms with E-state index < -0.39 is 0 Å². The maximum absolute atomic E-state index is 13.4. The summed E-state index contributed by atoms with van der Waals surface area (Å²) < 4.78 is 8.07. The van der Waals surface area contributed by atoms with Crippen molar-refractivity contribution in [3.63, 3.8) is 0 Å². The van der Waals surface area contributed by atoms with E-state index in [1.165, 1.54) is 11.3 Å². The molecule has 0 radical (unpaired) electrons. The second kappa shape index (κ2) is 10.6. The van der Waals surface area contributed by atoms with Crippen LogP contribution in [-0.2, 0) is 16.0 Å². The Labute approximate surface area is 189 Å². The van der Waals surface area contributed by atoms with E-state index >= 15 is 0 Å². The minimum Gasteiger partial charge on any atom is -0.466 e. The lowest BCUT2D eigenvalue weighted by Crippen LogP contribution is -2.31. The van der Waals surface area contributed by atoms with Crippen LogP contribution in [0, 0.1) is 0 Å². The van der Waals surface area contributed by atoms with Gasteiger partial charge in [-0.1, -0.05) is 23.7 Å². The standard InChI is InChI=1S/C23H21ClNO3S2/c1-3-14-29-23-20(25-12-6-5-7-13-25)18(15-19(26)28-4-2)22(30-23)21(27)16-8-10-17(24)11-9-16/h3,5-13H,1,4,14-15H2,2H3/q+1. The van der Waals surface area contributed by atoms with Crippen molar-refractivity contribution >= 4 is 46.5 Å². The number of esters is 1. The molecule has 0 saturated heterocycles. The van der Waals surface area contributed by atoms with Gasteiger partial charge in [-0.05, 0) is 31.2 Å². The molecule has 0 saturated carbocycles. The van der Waals surface area contributed by atoms with Crippen molar-refractivity contribution in [1.29, 1.82) is 0 Å². The van der Waals surface area contributed by atoms with Crippen molar-refractivity contribution in [2.45, 2.75) is 17.6 Å². The van der Waals surface area contributed by atoms with Crippen LogP contribution in [-0.4, -0.2) is 24.1 Å². The number of rotatable bonds is 9. The van der Waals surface area contributed by atoms with E-state index in [0.717, 1.165) is 9.90 Å². The number of pyridine rings is 1. The molecule has 0 fully saturated rings. The molecule has 0 atom stereocenters. The average Bonchev–Trinajstić information content (AvgIpc) is 3.11. The van der Waals surface area contributed by atoms with Crippen molar-refractivity contribution in [1.82, 2.24) is 0 Å². The number of hydrogen-bond donors (Lipinski definition) is 0. The number of carbonyl (C=O) groups excluding carboxylic acids is 2. The molecule has 0 N–H and O–H groups in total. The number of nitrogens with zero attached hydrogens (tertiary/aromatic N) is 1. The molecule has 7 heteroatoms. The summed E-state index contributed by atoms with van der Waals surface area (Å²) in [6.07, 6.45) is 5.65. The number of carbonyl (C=O) groups is 2. The third-order valence-electron chi connectivity index (χ3n) is 4.19. The molecule has 0 aliphatic carbocycles. The fourth-order valence-corrected chi connectivity index (χ4v) is 5.37. The molecule has 1 aromatic carbocycles. The number of hydrogen-bond acceptors (Lipinski definition) is 5. The summed E-state index contributed by atoms with van der Waals surface area (Å²) in [6, 6.07) is 12.5. The van der Waals surface area contributed by atoms with Gasteiger partial charge < -0.3 is 4.74 Å². The van der Waals surface area contributed by atoms with Gasteiger partial charge >= 0.3 is 5.97 Å². The van der Waals surface area contributed by atoms with E-state index in [9.17, 15) is 9.59 Å². The Morgan fingerprint density at radius 2 is 1.90 bits per heavy atom. The lowest BCUT2D eigenvalue weighted by Gasteiger charge is -2.05. The summed E-state index contributed by atoms with van der Waals surface area (Å²) in [5, 5.41) is 0.562. The van der Waals surface area contributed by atoms with Gasteiger partial charge in [-0.2, -0.15) is 4.57 Å². The van der Waals surface area contributed by atoms with E-state index in [1.807, 2.05) is 41.2 Å².